The van der Waals surface area contributed by atoms with Crippen molar-refractivity contribution in [2.75, 3.05) is 6.54 Å². The molecule has 2 aromatic carbocycles. The molecule has 6 nitrogen and oxygen atoms in total. The molecule has 0 saturated carbocycles. The van der Waals surface area contributed by atoms with Crippen LogP contribution in [0.3, 0.4) is 0 Å². The zero-order chi connectivity index (χ0) is 18.3. The van der Waals surface area contributed by atoms with Crippen molar-refractivity contribution >= 4 is 27.6 Å². The normalized spacial score (nSPS) is 13.8. The van der Waals surface area contributed by atoms with Gasteiger partial charge in [-0.15, -0.1) is 0 Å². The molecule has 4 rings (SSSR count). The summed E-state index contributed by atoms with van der Waals surface area (Å²) in [5.74, 6) is -0.255. The molecule has 0 aliphatic rings. The van der Waals surface area contributed by atoms with Crippen LogP contribution < -0.4 is 5.32 Å². The van der Waals surface area contributed by atoms with E-state index in [-0.39, 0.29) is 12.5 Å². The van der Waals surface area contributed by atoms with Crippen LogP contribution in [0, 0.1) is 0 Å². The Morgan fingerprint density at radius 1 is 1.27 bits per heavy atom. The summed E-state index contributed by atoms with van der Waals surface area (Å²) in [7, 11) is 1.78. The van der Waals surface area contributed by atoms with E-state index in [2.05, 4.69) is 15.4 Å². The summed E-state index contributed by atoms with van der Waals surface area (Å²) in [4.78, 5) is 15.7. The first kappa shape index (κ1) is 16.4. The van der Waals surface area contributed by atoms with Crippen LogP contribution in [-0.4, -0.2) is 32.3 Å². The molecule has 2 heterocycles. The summed E-state index contributed by atoms with van der Waals surface area (Å²) < 4.78 is 1.62. The van der Waals surface area contributed by atoms with Crippen LogP contribution in [0.2, 0.25) is 0 Å². The first-order valence-electron chi connectivity index (χ1n) is 8.44. The molecule has 1 atom stereocenters. The smallest absolute Gasteiger partial charge is 0.267 e. The molecule has 6 heteroatoms. The molecular weight excluding hydrogens is 328 g/mol. The van der Waals surface area contributed by atoms with Crippen molar-refractivity contribution in [2.45, 2.75) is 12.5 Å². The molecule has 1 unspecified atom stereocenters. The maximum absolute atomic E-state index is 12.6. The zero-order valence-electron chi connectivity index (χ0n) is 14.7. The number of aromatic amines is 1. The molecule has 132 valence electrons. The van der Waals surface area contributed by atoms with E-state index in [0.29, 0.717) is 11.3 Å². The predicted octanol–water partition coefficient (Wildman–Crippen LogP) is 2.69. The fourth-order valence-electron chi connectivity index (χ4n) is 3.16. The summed E-state index contributed by atoms with van der Waals surface area (Å²) in [5.41, 5.74) is 0.844. The van der Waals surface area contributed by atoms with Crippen molar-refractivity contribution in [3.63, 3.8) is 0 Å². The maximum Gasteiger partial charge on any atom is 0.267 e. The average Bonchev–Trinajstić information content (AvgIpc) is 3.26. The fraction of sp³-hybridized carbons (Fsp3) is 0.200. The Hall–Kier alpha value is -3.12. The Balaban J connectivity index is 1.57. The zero-order valence-corrected chi connectivity index (χ0v) is 14.7. The van der Waals surface area contributed by atoms with Gasteiger partial charge in [-0.1, -0.05) is 30.3 Å². The molecule has 1 amide bonds. The lowest BCUT2D eigenvalue weighted by Gasteiger charge is -2.22. The van der Waals surface area contributed by atoms with Crippen LogP contribution in [0.1, 0.15) is 23.0 Å². The van der Waals surface area contributed by atoms with Gasteiger partial charge in [0.1, 0.15) is 11.3 Å². The van der Waals surface area contributed by atoms with Crippen LogP contribution in [0.5, 0.6) is 0 Å². The Bertz CT molecular complexity index is 1110. The monoisotopic (exact) mass is 348 g/mol. The molecule has 0 spiro atoms. The second-order valence-electron chi connectivity index (χ2n) is 6.79. The number of H-pyrrole nitrogens is 1. The number of fused-ring (bicyclic) bond motifs is 3. The Morgan fingerprint density at radius 2 is 2.08 bits per heavy atom. The van der Waals surface area contributed by atoms with Crippen LogP contribution in [-0.2, 0) is 12.6 Å². The number of carbonyl (C=O) groups excluding carboxylic acids is 1. The highest BCUT2D eigenvalue weighted by Gasteiger charge is 2.26. The minimum absolute atomic E-state index is 0.0909. The number of hydrogen-bond acceptors (Lipinski definition) is 3. The van der Waals surface area contributed by atoms with Gasteiger partial charge in [0.05, 0.1) is 12.7 Å². The third-order valence-electron chi connectivity index (χ3n) is 4.69. The van der Waals surface area contributed by atoms with Gasteiger partial charge in [0.25, 0.3) is 5.91 Å². The molecular formula is C20H20N4O2. The lowest BCUT2D eigenvalue weighted by molar-refractivity contribution is 0.0524. The summed E-state index contributed by atoms with van der Waals surface area (Å²) in [6, 6.07) is 13.9. The molecule has 0 fully saturated rings. The highest BCUT2D eigenvalue weighted by Crippen LogP contribution is 2.26. The summed E-state index contributed by atoms with van der Waals surface area (Å²) in [6.07, 6.45) is 3.34. The Kier molecular flexibility index (Phi) is 3.77. The van der Waals surface area contributed by atoms with Crippen LogP contribution in [0.15, 0.2) is 54.9 Å². The van der Waals surface area contributed by atoms with Gasteiger partial charge in [0, 0.05) is 29.7 Å². The third-order valence-corrected chi connectivity index (χ3v) is 4.69. The predicted molar refractivity (Wildman–Crippen MR) is 101 cm³/mol. The molecule has 0 bridgehead atoms. The van der Waals surface area contributed by atoms with Gasteiger partial charge in [0.2, 0.25) is 0 Å². The van der Waals surface area contributed by atoms with Gasteiger partial charge < -0.3 is 15.4 Å². The molecule has 0 radical (unpaired) electrons. The number of aryl methyl sites for hydroxylation is 1. The van der Waals surface area contributed by atoms with Crippen LogP contribution in [0.4, 0.5) is 0 Å². The van der Waals surface area contributed by atoms with E-state index >= 15 is 0 Å². The summed E-state index contributed by atoms with van der Waals surface area (Å²) in [5, 5.41) is 20.7. The van der Waals surface area contributed by atoms with Crippen molar-refractivity contribution in [3.8, 4) is 0 Å². The molecule has 4 aromatic rings. The van der Waals surface area contributed by atoms with E-state index in [1.54, 1.807) is 31.0 Å². The molecule has 0 saturated heterocycles. The van der Waals surface area contributed by atoms with Gasteiger partial charge in [-0.3, -0.25) is 9.48 Å². The standard InChI is InChI=1S/C20H20N4O2/c1-20(26,14-10-22-24(2)11-14)12-21-19(25)18-9-16-15-6-4-3-5-13(15)7-8-17(16)23-18/h3-11,23,26H,12H2,1-2H3,(H,21,25). The first-order chi connectivity index (χ1) is 12.4. The molecule has 26 heavy (non-hydrogen) atoms. The van der Waals surface area contributed by atoms with Gasteiger partial charge in [-0.2, -0.15) is 5.10 Å². The summed E-state index contributed by atoms with van der Waals surface area (Å²) >= 11 is 0. The van der Waals surface area contributed by atoms with Crippen molar-refractivity contribution in [1.82, 2.24) is 20.1 Å². The van der Waals surface area contributed by atoms with Gasteiger partial charge in [0.15, 0.2) is 0 Å². The highest BCUT2D eigenvalue weighted by atomic mass is 16.3. The Morgan fingerprint density at radius 3 is 2.85 bits per heavy atom. The lowest BCUT2D eigenvalue weighted by atomic mass is 10.00. The molecule has 2 aromatic heterocycles. The van der Waals surface area contributed by atoms with E-state index < -0.39 is 5.60 Å². The lowest BCUT2D eigenvalue weighted by Crippen LogP contribution is -2.38. The number of benzene rings is 2. The second-order valence-corrected chi connectivity index (χ2v) is 6.79. The molecule has 0 aliphatic heterocycles. The number of carbonyl (C=O) groups is 1. The minimum Gasteiger partial charge on any atom is -0.383 e. The number of aromatic nitrogens is 3. The SMILES string of the molecule is Cn1cc(C(C)(O)CNC(=O)c2cc3c(ccc4ccccc43)[nH]2)cn1. The highest BCUT2D eigenvalue weighted by molar-refractivity contribution is 6.09. The van der Waals surface area contributed by atoms with E-state index in [1.807, 2.05) is 42.5 Å². The van der Waals surface area contributed by atoms with E-state index in [9.17, 15) is 9.90 Å². The number of hydrogen-bond donors (Lipinski definition) is 3. The van der Waals surface area contributed by atoms with Gasteiger partial charge in [-0.25, -0.2) is 0 Å². The van der Waals surface area contributed by atoms with Gasteiger partial charge >= 0.3 is 0 Å². The van der Waals surface area contributed by atoms with Crippen LogP contribution in [0.25, 0.3) is 21.7 Å². The second kappa shape index (κ2) is 6.00. The number of nitrogens with zero attached hydrogens (tertiary/aromatic N) is 2. The maximum atomic E-state index is 12.6. The molecule has 0 aliphatic carbocycles. The molecule has 3 N–H and O–H groups in total. The van der Waals surface area contributed by atoms with E-state index in [1.165, 1.54) is 0 Å². The summed E-state index contributed by atoms with van der Waals surface area (Å²) in [6.45, 7) is 1.75. The number of rotatable bonds is 4. The van der Waals surface area contributed by atoms with Crippen molar-refractivity contribution < 1.29 is 9.90 Å². The number of aliphatic hydroxyl groups is 1. The topological polar surface area (TPSA) is 82.9 Å². The minimum atomic E-state index is -1.19. The van der Waals surface area contributed by atoms with Crippen molar-refractivity contribution in [1.29, 1.82) is 0 Å². The quantitative estimate of drug-likeness (QED) is 0.530. The average molecular weight is 348 g/mol. The van der Waals surface area contributed by atoms with E-state index in [4.69, 9.17) is 0 Å². The largest absolute Gasteiger partial charge is 0.383 e. The Labute approximate surface area is 150 Å². The van der Waals surface area contributed by atoms with Crippen molar-refractivity contribution in [3.05, 3.63) is 66.1 Å². The van der Waals surface area contributed by atoms with E-state index in [0.717, 1.165) is 21.7 Å². The van der Waals surface area contributed by atoms with Crippen molar-refractivity contribution in [2.24, 2.45) is 7.05 Å². The number of amides is 1. The van der Waals surface area contributed by atoms with Gasteiger partial charge in [-0.05, 0) is 29.8 Å². The first-order valence-corrected chi connectivity index (χ1v) is 8.44. The third kappa shape index (κ3) is 2.84. The number of nitrogens with one attached hydrogen (secondary N) is 2. The van der Waals surface area contributed by atoms with Crippen LogP contribution >= 0.6 is 0 Å². The fourth-order valence-corrected chi connectivity index (χ4v) is 3.16.